The van der Waals surface area contributed by atoms with Crippen LogP contribution in [0.25, 0.3) is 10.2 Å². The van der Waals surface area contributed by atoms with Crippen molar-refractivity contribution in [1.82, 2.24) is 14.3 Å². The van der Waals surface area contributed by atoms with Crippen LogP contribution in [0.3, 0.4) is 0 Å². The second-order valence-corrected chi connectivity index (χ2v) is 6.19. The summed E-state index contributed by atoms with van der Waals surface area (Å²) in [5.74, 6) is 0. The van der Waals surface area contributed by atoms with Crippen LogP contribution in [0.1, 0.15) is 25.0 Å². The molecule has 2 aromatic heterocycles. The van der Waals surface area contributed by atoms with Gasteiger partial charge >= 0.3 is 0 Å². The van der Waals surface area contributed by atoms with Crippen LogP contribution in [0, 0.1) is 0 Å². The van der Waals surface area contributed by atoms with Crippen LogP contribution in [0.5, 0.6) is 0 Å². The van der Waals surface area contributed by atoms with E-state index >= 15 is 0 Å². The number of hydrogen-bond donors (Lipinski definition) is 0. The highest BCUT2D eigenvalue weighted by Crippen LogP contribution is 2.25. The lowest BCUT2D eigenvalue weighted by molar-refractivity contribution is 0.220. The highest BCUT2D eigenvalue weighted by Gasteiger charge is 2.14. The highest BCUT2D eigenvalue weighted by molar-refractivity contribution is 9.10. The molecule has 0 saturated carbocycles. The lowest BCUT2D eigenvalue weighted by atomic mass is 10.1. The second-order valence-electron chi connectivity index (χ2n) is 4.47. The van der Waals surface area contributed by atoms with E-state index in [1.807, 2.05) is 6.20 Å². The van der Waals surface area contributed by atoms with E-state index in [0.717, 1.165) is 22.2 Å². The molecule has 0 atom stereocenters. The summed E-state index contributed by atoms with van der Waals surface area (Å²) >= 11 is 4.99. The third-order valence-corrected chi connectivity index (χ3v) is 4.42. The van der Waals surface area contributed by atoms with Crippen LogP contribution in [0.4, 0.5) is 0 Å². The van der Waals surface area contributed by atoms with Crippen molar-refractivity contribution in [2.45, 2.75) is 25.8 Å². The number of hydrogen-bond acceptors (Lipinski definition) is 4. The summed E-state index contributed by atoms with van der Waals surface area (Å²) in [4.78, 5) is 6.97. The molecule has 1 fully saturated rings. The van der Waals surface area contributed by atoms with Gasteiger partial charge in [0.2, 0.25) is 0 Å². The van der Waals surface area contributed by atoms with E-state index in [1.165, 1.54) is 37.1 Å². The number of likely N-dealkylation sites (tertiary alicyclic amines) is 1. The van der Waals surface area contributed by atoms with Crippen molar-refractivity contribution in [3.63, 3.8) is 0 Å². The van der Waals surface area contributed by atoms with Gasteiger partial charge in [0.05, 0.1) is 10.4 Å². The van der Waals surface area contributed by atoms with Crippen molar-refractivity contribution < 1.29 is 0 Å². The molecule has 2 aromatic rings. The fourth-order valence-electron chi connectivity index (χ4n) is 2.29. The van der Waals surface area contributed by atoms with Gasteiger partial charge in [-0.15, -0.1) is 0 Å². The Hall–Kier alpha value is -0.520. The summed E-state index contributed by atoms with van der Waals surface area (Å²) < 4.78 is 6.75. The molecule has 1 aliphatic heterocycles. The van der Waals surface area contributed by atoms with E-state index in [4.69, 9.17) is 0 Å². The first kappa shape index (κ1) is 11.6. The molecule has 3 nitrogen and oxygen atoms in total. The third-order valence-electron chi connectivity index (χ3n) is 3.17. The predicted octanol–water partition coefficient (Wildman–Crippen LogP) is 3.44. The molecule has 3 heterocycles. The van der Waals surface area contributed by atoms with Crippen molar-refractivity contribution in [2.75, 3.05) is 13.1 Å². The largest absolute Gasteiger partial charge is 0.297 e. The van der Waals surface area contributed by atoms with Gasteiger partial charge in [0.15, 0.2) is 0 Å². The van der Waals surface area contributed by atoms with Crippen molar-refractivity contribution in [3.8, 4) is 0 Å². The van der Waals surface area contributed by atoms with Crippen LogP contribution < -0.4 is 0 Å². The van der Waals surface area contributed by atoms with Crippen molar-refractivity contribution in [2.24, 2.45) is 0 Å². The van der Waals surface area contributed by atoms with Crippen LogP contribution in [-0.4, -0.2) is 27.3 Å². The van der Waals surface area contributed by atoms with E-state index in [-0.39, 0.29) is 0 Å². The van der Waals surface area contributed by atoms with E-state index < -0.39 is 0 Å². The Kier molecular flexibility index (Phi) is 3.40. The molecule has 0 amide bonds. The molecule has 0 aromatic carbocycles. The maximum atomic E-state index is 4.55. The molecule has 17 heavy (non-hydrogen) atoms. The van der Waals surface area contributed by atoms with Crippen molar-refractivity contribution in [1.29, 1.82) is 0 Å². The summed E-state index contributed by atoms with van der Waals surface area (Å²) in [7, 11) is 0. The Labute approximate surface area is 113 Å². The fraction of sp³-hybridized carbons (Fsp3) is 0.500. The minimum Gasteiger partial charge on any atom is -0.297 e. The molecule has 0 N–H and O–H groups in total. The van der Waals surface area contributed by atoms with Gasteiger partial charge < -0.3 is 0 Å². The van der Waals surface area contributed by atoms with Crippen molar-refractivity contribution >= 4 is 37.7 Å². The number of piperidine rings is 1. The molecule has 3 rings (SSSR count). The van der Waals surface area contributed by atoms with E-state index in [2.05, 4.69) is 36.3 Å². The molecule has 0 aliphatic carbocycles. The Morgan fingerprint density at radius 2 is 2.12 bits per heavy atom. The van der Waals surface area contributed by atoms with Crippen LogP contribution in [-0.2, 0) is 6.54 Å². The van der Waals surface area contributed by atoms with Gasteiger partial charge in [-0.05, 0) is 59.5 Å². The molecule has 0 bridgehead atoms. The first-order valence-electron chi connectivity index (χ1n) is 5.95. The number of nitrogens with zero attached hydrogens (tertiary/aromatic N) is 3. The zero-order valence-corrected chi connectivity index (χ0v) is 11.9. The average Bonchev–Trinajstić information content (AvgIpc) is 2.73. The van der Waals surface area contributed by atoms with Crippen LogP contribution >= 0.6 is 27.5 Å². The molecular formula is C12H14BrN3S. The number of pyridine rings is 1. The SMILES string of the molecule is Brc1cnc2c(CN3CCCCC3)nsc2c1. The van der Waals surface area contributed by atoms with Gasteiger partial charge in [-0.1, -0.05) is 6.42 Å². The number of aromatic nitrogens is 2. The third kappa shape index (κ3) is 2.51. The molecule has 1 aliphatic rings. The van der Waals surface area contributed by atoms with E-state index in [9.17, 15) is 0 Å². The first-order valence-corrected chi connectivity index (χ1v) is 7.52. The Bertz CT molecular complexity index is 519. The second kappa shape index (κ2) is 5.00. The first-order chi connectivity index (χ1) is 8.33. The van der Waals surface area contributed by atoms with Gasteiger partial charge in [0, 0.05) is 17.2 Å². The standard InChI is InChI=1S/C12H14BrN3S/c13-9-6-11-12(14-7-9)10(15-17-11)8-16-4-2-1-3-5-16/h6-7H,1-5,8H2. The molecule has 5 heteroatoms. The van der Waals surface area contributed by atoms with Gasteiger partial charge in [0.1, 0.15) is 5.52 Å². The summed E-state index contributed by atoms with van der Waals surface area (Å²) in [6.45, 7) is 3.36. The summed E-state index contributed by atoms with van der Waals surface area (Å²) in [6.07, 6.45) is 5.87. The summed E-state index contributed by atoms with van der Waals surface area (Å²) in [6, 6.07) is 2.10. The molecule has 1 saturated heterocycles. The molecule has 0 unspecified atom stereocenters. The molecule has 0 spiro atoms. The molecular weight excluding hydrogens is 298 g/mol. The van der Waals surface area contributed by atoms with Gasteiger partial charge in [-0.3, -0.25) is 9.88 Å². The predicted molar refractivity (Wildman–Crippen MR) is 74.2 cm³/mol. The lowest BCUT2D eigenvalue weighted by Crippen LogP contribution is -2.29. The zero-order chi connectivity index (χ0) is 11.7. The van der Waals surface area contributed by atoms with Crippen LogP contribution in [0.2, 0.25) is 0 Å². The summed E-state index contributed by atoms with van der Waals surface area (Å²) in [5.41, 5.74) is 2.21. The van der Waals surface area contributed by atoms with Gasteiger partial charge in [-0.2, -0.15) is 4.37 Å². The molecule has 0 radical (unpaired) electrons. The average molecular weight is 312 g/mol. The zero-order valence-electron chi connectivity index (χ0n) is 9.53. The maximum absolute atomic E-state index is 4.55. The topological polar surface area (TPSA) is 29.0 Å². The minimum atomic E-state index is 0.953. The quantitative estimate of drug-likeness (QED) is 0.850. The monoisotopic (exact) mass is 311 g/mol. The Balaban J connectivity index is 1.84. The van der Waals surface area contributed by atoms with E-state index in [1.54, 1.807) is 11.5 Å². The van der Waals surface area contributed by atoms with Crippen molar-refractivity contribution in [3.05, 3.63) is 22.4 Å². The smallest absolute Gasteiger partial charge is 0.106 e. The van der Waals surface area contributed by atoms with E-state index in [0.29, 0.717) is 0 Å². The Morgan fingerprint density at radius 3 is 2.94 bits per heavy atom. The number of rotatable bonds is 2. The number of halogens is 1. The van der Waals surface area contributed by atoms with Crippen LogP contribution in [0.15, 0.2) is 16.7 Å². The Morgan fingerprint density at radius 1 is 1.29 bits per heavy atom. The summed E-state index contributed by atoms with van der Waals surface area (Å²) in [5, 5.41) is 0. The fourth-order valence-corrected chi connectivity index (χ4v) is 3.56. The van der Waals surface area contributed by atoms with Gasteiger partial charge in [-0.25, -0.2) is 0 Å². The number of fused-ring (bicyclic) bond motifs is 1. The lowest BCUT2D eigenvalue weighted by Gasteiger charge is -2.25. The van der Waals surface area contributed by atoms with Gasteiger partial charge in [0.25, 0.3) is 0 Å². The normalized spacial score (nSPS) is 17.7. The highest BCUT2D eigenvalue weighted by atomic mass is 79.9. The molecule has 90 valence electrons. The maximum Gasteiger partial charge on any atom is 0.106 e. The minimum absolute atomic E-state index is 0.953.